The van der Waals surface area contributed by atoms with E-state index in [1.54, 1.807) is 44.4 Å². The fourth-order valence-electron chi connectivity index (χ4n) is 1.57. The molecule has 0 saturated carbocycles. The monoisotopic (exact) mass is 292 g/mol. The second-order valence-corrected chi connectivity index (χ2v) is 4.79. The molecule has 1 heterocycles. The van der Waals surface area contributed by atoms with Gasteiger partial charge in [-0.05, 0) is 30.3 Å². The van der Waals surface area contributed by atoms with Crippen molar-refractivity contribution >= 4 is 34.4 Å². The number of hydrogen-bond donors (Lipinski definition) is 0. The summed E-state index contributed by atoms with van der Waals surface area (Å²) in [4.78, 5) is 28.7. The van der Waals surface area contributed by atoms with Crippen LogP contribution < -0.4 is 0 Å². The maximum Gasteiger partial charge on any atom is 0.338 e. The summed E-state index contributed by atoms with van der Waals surface area (Å²) < 4.78 is 4.95. The molecule has 20 heavy (non-hydrogen) atoms. The Morgan fingerprint density at radius 1 is 1.25 bits per heavy atom. The minimum absolute atomic E-state index is 0.271. The number of likely N-dealkylation sites (N-methyl/N-ethyl adjacent to an activating group) is 1. The van der Waals surface area contributed by atoms with Crippen molar-refractivity contribution in [3.8, 4) is 0 Å². The number of hydrogen-bond acceptors (Lipinski definition) is 4. The van der Waals surface area contributed by atoms with E-state index >= 15 is 0 Å². The Bertz CT molecular complexity index is 671. The van der Waals surface area contributed by atoms with Crippen molar-refractivity contribution in [3.63, 3.8) is 0 Å². The normalized spacial score (nSPS) is 10.3. The van der Waals surface area contributed by atoms with Crippen LogP contribution in [0.1, 0.15) is 10.4 Å². The van der Waals surface area contributed by atoms with E-state index in [1.807, 2.05) is 0 Å². The van der Waals surface area contributed by atoms with Gasteiger partial charge < -0.3 is 9.64 Å². The van der Waals surface area contributed by atoms with E-state index in [-0.39, 0.29) is 12.5 Å². The smallest absolute Gasteiger partial charge is 0.338 e. The van der Waals surface area contributed by atoms with Crippen molar-refractivity contribution in [2.75, 3.05) is 20.7 Å². The Labute approximate surface area is 121 Å². The first kappa shape index (κ1) is 14.3. The van der Waals surface area contributed by atoms with Crippen molar-refractivity contribution in [1.29, 1.82) is 0 Å². The van der Waals surface area contributed by atoms with E-state index in [9.17, 15) is 9.59 Å². The van der Waals surface area contributed by atoms with Crippen molar-refractivity contribution in [1.82, 2.24) is 9.88 Å². The van der Waals surface area contributed by atoms with Crippen LogP contribution in [-0.4, -0.2) is 42.5 Å². The van der Waals surface area contributed by atoms with Crippen LogP contribution in [0.15, 0.2) is 30.3 Å². The first-order chi connectivity index (χ1) is 9.47. The van der Waals surface area contributed by atoms with Gasteiger partial charge in [-0.25, -0.2) is 9.78 Å². The molecule has 5 nitrogen and oxygen atoms in total. The van der Waals surface area contributed by atoms with Gasteiger partial charge in [0, 0.05) is 19.5 Å². The molecule has 0 spiro atoms. The SMILES string of the molecule is CN(C)C(=O)COC(=O)c1ccc2nc(Cl)ccc2c1. The Morgan fingerprint density at radius 2 is 2.00 bits per heavy atom. The zero-order valence-corrected chi connectivity index (χ0v) is 11.8. The zero-order chi connectivity index (χ0) is 14.7. The molecule has 0 radical (unpaired) electrons. The van der Waals surface area contributed by atoms with Gasteiger partial charge >= 0.3 is 5.97 Å². The first-order valence-corrected chi connectivity index (χ1v) is 6.29. The molecule has 0 unspecified atom stereocenters. The van der Waals surface area contributed by atoms with Crippen molar-refractivity contribution in [3.05, 3.63) is 41.0 Å². The van der Waals surface area contributed by atoms with Crippen LogP contribution in [0, 0.1) is 0 Å². The number of esters is 1. The maximum absolute atomic E-state index is 11.8. The molecule has 6 heteroatoms. The van der Waals surface area contributed by atoms with Crippen LogP contribution in [0.5, 0.6) is 0 Å². The Balaban J connectivity index is 2.14. The summed E-state index contributed by atoms with van der Waals surface area (Å²) >= 11 is 5.79. The molecule has 0 atom stereocenters. The van der Waals surface area contributed by atoms with Gasteiger partial charge in [0.25, 0.3) is 5.91 Å². The molecule has 1 aromatic carbocycles. The molecule has 0 bridgehead atoms. The van der Waals surface area contributed by atoms with Crippen LogP contribution >= 0.6 is 11.6 Å². The van der Waals surface area contributed by atoms with Gasteiger partial charge in [0.05, 0.1) is 11.1 Å². The quantitative estimate of drug-likeness (QED) is 0.642. The van der Waals surface area contributed by atoms with Crippen LogP contribution in [0.4, 0.5) is 0 Å². The van der Waals surface area contributed by atoms with Gasteiger partial charge in [0.15, 0.2) is 6.61 Å². The molecule has 0 saturated heterocycles. The molecule has 1 amide bonds. The summed E-state index contributed by atoms with van der Waals surface area (Å²) in [5, 5.41) is 1.17. The summed E-state index contributed by atoms with van der Waals surface area (Å²) in [6.07, 6.45) is 0. The summed E-state index contributed by atoms with van der Waals surface area (Å²) in [6, 6.07) is 8.35. The predicted molar refractivity (Wildman–Crippen MR) is 75.7 cm³/mol. The van der Waals surface area contributed by atoms with E-state index < -0.39 is 5.97 Å². The summed E-state index contributed by atoms with van der Waals surface area (Å²) in [7, 11) is 3.20. The molecule has 104 valence electrons. The Morgan fingerprint density at radius 3 is 2.70 bits per heavy atom. The topological polar surface area (TPSA) is 59.5 Å². The molecule has 0 aliphatic carbocycles. The van der Waals surface area contributed by atoms with Gasteiger partial charge in [-0.2, -0.15) is 0 Å². The minimum Gasteiger partial charge on any atom is -0.452 e. The number of pyridine rings is 1. The highest BCUT2D eigenvalue weighted by Crippen LogP contribution is 2.17. The van der Waals surface area contributed by atoms with E-state index in [2.05, 4.69) is 4.98 Å². The maximum atomic E-state index is 11.8. The number of benzene rings is 1. The predicted octanol–water partition coefficient (Wildman–Crippen LogP) is 2.13. The van der Waals surface area contributed by atoms with Crippen LogP contribution in [0.25, 0.3) is 10.9 Å². The second kappa shape index (κ2) is 5.88. The lowest BCUT2D eigenvalue weighted by molar-refractivity contribution is -0.131. The molecular weight excluding hydrogens is 280 g/mol. The Hall–Kier alpha value is -2.14. The van der Waals surface area contributed by atoms with E-state index in [0.29, 0.717) is 16.2 Å². The molecule has 2 rings (SSSR count). The minimum atomic E-state index is -0.544. The van der Waals surface area contributed by atoms with Crippen LogP contribution in [0.3, 0.4) is 0 Å². The molecular formula is C14H13ClN2O3. The van der Waals surface area contributed by atoms with Crippen LogP contribution in [-0.2, 0) is 9.53 Å². The number of carbonyl (C=O) groups is 2. The second-order valence-electron chi connectivity index (χ2n) is 4.41. The molecule has 0 aliphatic heterocycles. The fourth-order valence-corrected chi connectivity index (χ4v) is 1.72. The van der Waals surface area contributed by atoms with E-state index in [1.165, 1.54) is 4.90 Å². The third-order valence-corrected chi connectivity index (χ3v) is 2.93. The van der Waals surface area contributed by atoms with Gasteiger partial charge in [-0.15, -0.1) is 0 Å². The third kappa shape index (κ3) is 3.24. The van der Waals surface area contributed by atoms with Gasteiger partial charge in [0.2, 0.25) is 0 Å². The molecule has 2 aromatic rings. The lowest BCUT2D eigenvalue weighted by atomic mass is 10.1. The highest BCUT2D eigenvalue weighted by atomic mass is 35.5. The molecule has 0 aliphatic rings. The number of fused-ring (bicyclic) bond motifs is 1. The number of aromatic nitrogens is 1. The van der Waals surface area contributed by atoms with Gasteiger partial charge in [-0.1, -0.05) is 11.6 Å². The third-order valence-electron chi connectivity index (χ3n) is 2.72. The standard InChI is InChI=1S/C14H13ClN2O3/c1-17(2)13(18)8-20-14(19)10-3-5-11-9(7-10)4-6-12(15)16-11/h3-7H,8H2,1-2H3. The van der Waals surface area contributed by atoms with Crippen molar-refractivity contribution in [2.24, 2.45) is 0 Å². The highest BCUT2D eigenvalue weighted by molar-refractivity contribution is 6.29. The molecule has 0 fully saturated rings. The van der Waals surface area contributed by atoms with Crippen molar-refractivity contribution < 1.29 is 14.3 Å². The van der Waals surface area contributed by atoms with Gasteiger partial charge in [-0.3, -0.25) is 4.79 Å². The summed E-state index contributed by atoms with van der Waals surface area (Å²) in [6.45, 7) is -0.275. The lowest BCUT2D eigenvalue weighted by Crippen LogP contribution is -2.27. The van der Waals surface area contributed by atoms with Crippen LogP contribution in [0.2, 0.25) is 5.15 Å². The number of halogens is 1. The average molecular weight is 293 g/mol. The fraction of sp³-hybridized carbons (Fsp3) is 0.214. The average Bonchev–Trinajstić information content (AvgIpc) is 2.43. The van der Waals surface area contributed by atoms with E-state index in [4.69, 9.17) is 16.3 Å². The summed E-state index contributed by atoms with van der Waals surface area (Å²) in [5.41, 5.74) is 1.06. The number of carbonyl (C=O) groups excluding carboxylic acids is 2. The summed E-state index contributed by atoms with van der Waals surface area (Å²) in [5.74, 6) is -0.815. The first-order valence-electron chi connectivity index (χ1n) is 5.91. The zero-order valence-electron chi connectivity index (χ0n) is 11.1. The lowest BCUT2D eigenvalue weighted by Gasteiger charge is -2.10. The molecule has 1 aromatic heterocycles. The van der Waals surface area contributed by atoms with E-state index in [0.717, 1.165) is 5.39 Å². The number of ether oxygens (including phenoxy) is 1. The number of amides is 1. The largest absolute Gasteiger partial charge is 0.452 e. The number of nitrogens with zero attached hydrogens (tertiary/aromatic N) is 2. The number of rotatable bonds is 3. The van der Waals surface area contributed by atoms with Crippen molar-refractivity contribution in [2.45, 2.75) is 0 Å². The van der Waals surface area contributed by atoms with Gasteiger partial charge in [0.1, 0.15) is 5.15 Å². The Kier molecular flexibility index (Phi) is 4.20. The molecule has 0 N–H and O–H groups in total. The highest BCUT2D eigenvalue weighted by Gasteiger charge is 2.12.